The van der Waals surface area contributed by atoms with Gasteiger partial charge in [-0.25, -0.2) is 4.98 Å². The lowest BCUT2D eigenvalue weighted by atomic mass is 9.81. The number of aromatic nitrogens is 4. The Morgan fingerprint density at radius 1 is 0.919 bits per heavy atom. The summed E-state index contributed by atoms with van der Waals surface area (Å²) in [6.45, 7) is 11.9. The summed E-state index contributed by atoms with van der Waals surface area (Å²) in [5.74, 6) is 0.301. The lowest BCUT2D eigenvalue weighted by Crippen LogP contribution is -2.28. The molecule has 7 rings (SSSR count). The van der Waals surface area contributed by atoms with Gasteiger partial charge in [0.25, 0.3) is 20.2 Å². The molecule has 0 spiro atoms. The third kappa shape index (κ3) is 8.99. The van der Waals surface area contributed by atoms with E-state index in [0.29, 0.717) is 49.5 Å². The molecule has 2 aromatic heterocycles. The zero-order valence-electron chi connectivity index (χ0n) is 35.2. The molecule has 2 aliphatic rings. The first-order chi connectivity index (χ1) is 29.3. The highest BCUT2D eigenvalue weighted by Crippen LogP contribution is 2.48. The average molecular weight is 884 g/mol. The van der Waals surface area contributed by atoms with Crippen LogP contribution < -0.4 is 20.7 Å². The minimum Gasteiger partial charge on any atom is -0.471 e. The van der Waals surface area contributed by atoms with E-state index < -0.39 is 31.1 Å². The first-order valence-electron chi connectivity index (χ1n) is 20.3. The second kappa shape index (κ2) is 17.1. The molecule has 0 fully saturated rings. The first-order valence-corrected chi connectivity index (χ1v) is 23.2. The number of benzene rings is 3. The van der Waals surface area contributed by atoms with E-state index in [2.05, 4.69) is 34.7 Å². The van der Waals surface area contributed by atoms with Crippen LogP contribution in [0.4, 0.5) is 17.3 Å². The number of unbranched alkanes of at least 4 members (excludes halogenated alkanes) is 2. The number of hydrogen-bond donors (Lipinski definition) is 5. The van der Waals surface area contributed by atoms with Gasteiger partial charge < -0.3 is 25.7 Å². The molecule has 326 valence electrons. The molecule has 3 aromatic carbocycles. The zero-order valence-corrected chi connectivity index (χ0v) is 36.8. The molecule has 0 saturated carbocycles. The first kappa shape index (κ1) is 44.1. The lowest BCUT2D eigenvalue weighted by molar-refractivity contribution is -0.438. The molecule has 16 nitrogen and oxygen atoms in total. The average Bonchev–Trinajstić information content (AvgIpc) is 3.84. The number of nitrogens with zero attached hydrogens (tertiary/aromatic N) is 5. The van der Waals surface area contributed by atoms with E-state index in [9.17, 15) is 30.7 Å². The van der Waals surface area contributed by atoms with Gasteiger partial charge >= 0.3 is 0 Å². The van der Waals surface area contributed by atoms with Crippen molar-refractivity contribution in [1.29, 1.82) is 0 Å². The van der Waals surface area contributed by atoms with E-state index in [1.165, 1.54) is 30.6 Å². The molecule has 4 heterocycles. The Morgan fingerprint density at radius 2 is 1.63 bits per heavy atom. The van der Waals surface area contributed by atoms with Crippen molar-refractivity contribution >= 4 is 60.3 Å². The van der Waals surface area contributed by atoms with Crippen molar-refractivity contribution in [3.8, 4) is 5.88 Å². The van der Waals surface area contributed by atoms with Crippen LogP contribution in [-0.4, -0.2) is 75.2 Å². The molecular formula is C44H51N8O8S2+. The second-order valence-electron chi connectivity index (χ2n) is 16.4. The number of fused-ring (bicyclic) bond motifs is 3. The smallest absolute Gasteiger partial charge is 0.294 e. The number of allylic oxidation sites excluding steroid dienone is 4. The normalized spacial score (nSPS) is 16.4. The molecule has 2 aliphatic heterocycles. The highest BCUT2D eigenvalue weighted by molar-refractivity contribution is 7.86. The van der Waals surface area contributed by atoms with Crippen molar-refractivity contribution in [3.05, 3.63) is 113 Å². The molecule has 18 heteroatoms. The van der Waals surface area contributed by atoms with Gasteiger partial charge in [0.2, 0.25) is 23.4 Å². The van der Waals surface area contributed by atoms with Crippen LogP contribution in [0.5, 0.6) is 5.88 Å². The second-order valence-corrected chi connectivity index (χ2v) is 19.3. The number of nitrogens with two attached hydrogens (primary N) is 1. The molecule has 0 unspecified atom stereocenters. The number of nitrogen functional groups attached to an aromatic ring is 1. The van der Waals surface area contributed by atoms with Crippen LogP contribution in [0, 0.1) is 0 Å². The monoisotopic (exact) mass is 883 g/mol. The van der Waals surface area contributed by atoms with Gasteiger partial charge in [-0.3, -0.25) is 13.9 Å². The van der Waals surface area contributed by atoms with Crippen LogP contribution in [0.2, 0.25) is 0 Å². The van der Waals surface area contributed by atoms with E-state index >= 15 is 0 Å². The standard InChI is InChI=1S/C44H50N8O8S2/c1-6-51-34-19-17-30(61(54,55)56)23-32(34)43(2,3)36(51)14-11-15-37-44(4,5)33-24-31(62(57,58)59)18-20-35(33)52(37)21-9-7-8-16-38(53)46-25-28-12-10-13-29(22-28)26-60-41-39-40(48-27-47-39)49-42(45)50-41/h10-15,17-20,22-24,27H,6-9,16,21,25-26H2,1-5H3,(H5-,45,46,47,48,49,50,53,54,55,56,57,58,59)/p+1. The predicted octanol–water partition coefficient (Wildman–Crippen LogP) is 6.52. The van der Waals surface area contributed by atoms with Gasteiger partial charge in [0.05, 0.1) is 21.5 Å². The van der Waals surface area contributed by atoms with Crippen molar-refractivity contribution in [1.82, 2.24) is 25.3 Å². The van der Waals surface area contributed by atoms with E-state index in [0.717, 1.165) is 57.9 Å². The van der Waals surface area contributed by atoms with Gasteiger partial charge in [0, 0.05) is 60.4 Å². The molecule has 0 bridgehead atoms. The van der Waals surface area contributed by atoms with Gasteiger partial charge in [-0.1, -0.05) is 44.2 Å². The summed E-state index contributed by atoms with van der Waals surface area (Å²) in [6, 6.07) is 17.0. The molecule has 0 atom stereocenters. The maximum atomic E-state index is 12.9. The number of hydrogen-bond acceptors (Lipinski definition) is 11. The predicted molar refractivity (Wildman–Crippen MR) is 236 cm³/mol. The number of amides is 1. The fraction of sp³-hybridized carbons (Fsp3) is 0.341. The Hall–Kier alpha value is -5.95. The van der Waals surface area contributed by atoms with E-state index in [1.54, 1.807) is 12.1 Å². The minimum atomic E-state index is -4.44. The van der Waals surface area contributed by atoms with Crippen LogP contribution in [0.3, 0.4) is 0 Å². The van der Waals surface area contributed by atoms with E-state index in [1.807, 2.05) is 77.1 Å². The largest absolute Gasteiger partial charge is 0.471 e. The summed E-state index contributed by atoms with van der Waals surface area (Å²) in [5.41, 5.74) is 12.4. The van der Waals surface area contributed by atoms with Crippen LogP contribution in [0.15, 0.2) is 101 Å². The van der Waals surface area contributed by atoms with Crippen molar-refractivity contribution < 1.29 is 40.0 Å². The fourth-order valence-corrected chi connectivity index (χ4v) is 9.39. The Labute approximate surface area is 361 Å². The topological polar surface area (TPSA) is 234 Å². The summed E-state index contributed by atoms with van der Waals surface area (Å²) in [7, 11) is -8.83. The number of H-pyrrole nitrogens is 1. The number of imidazole rings is 1. The summed E-state index contributed by atoms with van der Waals surface area (Å²) < 4.78 is 76.1. The number of rotatable bonds is 16. The number of aromatic amines is 1. The minimum absolute atomic E-state index is 0.0624. The summed E-state index contributed by atoms with van der Waals surface area (Å²) in [4.78, 5) is 30.0. The zero-order chi connectivity index (χ0) is 44.6. The van der Waals surface area contributed by atoms with Crippen LogP contribution >= 0.6 is 0 Å². The van der Waals surface area contributed by atoms with Crippen LogP contribution in [-0.2, 0) is 49.0 Å². The van der Waals surface area contributed by atoms with E-state index in [4.69, 9.17) is 10.5 Å². The SMILES string of the molecule is CCN1C(=CC=CC2=[N+](CCCCCC(=O)NCc3cccc(COc4nc(N)nc5nc[nH]c45)c3)c3ccc(S(=O)(=O)O)cc3C2(C)C)C(C)(C)c2cc(S(=O)(=O)O)ccc21. The van der Waals surface area contributed by atoms with Gasteiger partial charge in [0.15, 0.2) is 11.4 Å². The van der Waals surface area contributed by atoms with Crippen molar-refractivity contribution in [2.24, 2.45) is 0 Å². The maximum Gasteiger partial charge on any atom is 0.294 e. The third-order valence-corrected chi connectivity index (χ3v) is 13.3. The van der Waals surface area contributed by atoms with E-state index in [-0.39, 0.29) is 28.3 Å². The van der Waals surface area contributed by atoms with Crippen LogP contribution in [0.1, 0.15) is 82.6 Å². The fourth-order valence-electron chi connectivity index (χ4n) is 8.37. The Morgan fingerprint density at radius 3 is 2.35 bits per heavy atom. The van der Waals surface area contributed by atoms with Crippen LogP contribution in [0.25, 0.3) is 11.2 Å². The van der Waals surface area contributed by atoms with Gasteiger partial charge in [-0.2, -0.15) is 31.4 Å². The molecule has 62 heavy (non-hydrogen) atoms. The summed E-state index contributed by atoms with van der Waals surface area (Å²) in [5, 5.41) is 3.01. The quantitative estimate of drug-likeness (QED) is 0.0404. The molecule has 6 N–H and O–H groups in total. The molecule has 0 radical (unpaired) electrons. The Bertz CT molecular complexity index is 2880. The highest BCUT2D eigenvalue weighted by Gasteiger charge is 2.45. The van der Waals surface area contributed by atoms with Crippen molar-refractivity contribution in [2.75, 3.05) is 23.7 Å². The number of anilines is 2. The highest BCUT2D eigenvalue weighted by atomic mass is 32.2. The Balaban J connectivity index is 1.01. The molecule has 0 aliphatic carbocycles. The summed E-state index contributed by atoms with van der Waals surface area (Å²) >= 11 is 0. The number of ether oxygens (including phenoxy) is 1. The Kier molecular flexibility index (Phi) is 12.1. The maximum absolute atomic E-state index is 12.9. The lowest BCUT2D eigenvalue weighted by Gasteiger charge is -2.25. The van der Waals surface area contributed by atoms with Crippen molar-refractivity contribution in [3.63, 3.8) is 0 Å². The molecule has 1 amide bonds. The van der Waals surface area contributed by atoms with Gasteiger partial charge in [-0.05, 0) is 86.7 Å². The summed E-state index contributed by atoms with van der Waals surface area (Å²) in [6.07, 6.45) is 9.98. The number of nitrogens with one attached hydrogen (secondary N) is 2. The molecule has 5 aromatic rings. The third-order valence-electron chi connectivity index (χ3n) is 11.6. The van der Waals surface area contributed by atoms with Crippen molar-refractivity contribution in [2.45, 2.75) is 94.1 Å². The van der Waals surface area contributed by atoms with Gasteiger partial charge in [0.1, 0.15) is 18.7 Å². The van der Waals surface area contributed by atoms with Gasteiger partial charge in [-0.15, -0.1) is 0 Å². The number of carbonyl (C=O) groups excluding carboxylic acids is 1. The molecule has 0 saturated heterocycles. The molecular weight excluding hydrogens is 833 g/mol. The number of likely N-dealkylation sites (N-methyl/N-ethyl adjacent to an activating group) is 1. The number of carbonyl (C=O) groups is 1.